The van der Waals surface area contributed by atoms with Crippen LogP contribution in [-0.4, -0.2) is 48.5 Å². The number of likely N-dealkylation sites (N-methyl/N-ethyl adjacent to an activating group) is 1. The van der Waals surface area contributed by atoms with E-state index in [-0.39, 0.29) is 13.0 Å². The van der Waals surface area contributed by atoms with E-state index in [1.807, 2.05) is 6.92 Å². The lowest BCUT2D eigenvalue weighted by molar-refractivity contribution is -0.108. The van der Waals surface area contributed by atoms with Gasteiger partial charge in [0.15, 0.2) is 0 Å². The van der Waals surface area contributed by atoms with Crippen LogP contribution in [0.4, 0.5) is 17.6 Å². The van der Waals surface area contributed by atoms with E-state index in [0.717, 1.165) is 19.1 Å². The minimum absolute atomic E-state index is 0.160. The predicted molar refractivity (Wildman–Crippen MR) is 130 cm³/mol. The Labute approximate surface area is 203 Å². The van der Waals surface area contributed by atoms with Crippen molar-refractivity contribution in [2.45, 2.75) is 57.3 Å². The standard InChI is InChI=1S/C22H26F4N2S.C4H6O/c1-4-29-27-21-19(28(3)13-22(21,25)26)12-17-9-6-10-18(20(17)24)16-8-5-7-15(11-16)14(2)23;5-3-4-1-2-4/h5-11,14,19,21,27H,4,12-13H2,1-3H3;3-4H,1-2H2. The van der Waals surface area contributed by atoms with Gasteiger partial charge in [-0.3, -0.25) is 9.62 Å². The number of carbonyl (C=O) groups excluding carboxylic acids is 1. The van der Waals surface area contributed by atoms with Gasteiger partial charge >= 0.3 is 0 Å². The van der Waals surface area contributed by atoms with Crippen molar-refractivity contribution in [1.82, 2.24) is 9.62 Å². The maximum atomic E-state index is 15.3. The van der Waals surface area contributed by atoms with Crippen molar-refractivity contribution in [3.05, 3.63) is 59.4 Å². The zero-order valence-electron chi connectivity index (χ0n) is 19.7. The van der Waals surface area contributed by atoms with E-state index in [9.17, 15) is 18.0 Å². The first-order valence-corrected chi connectivity index (χ1v) is 12.6. The number of hydrogen-bond acceptors (Lipinski definition) is 4. The third-order valence-corrected chi connectivity index (χ3v) is 6.91. The maximum absolute atomic E-state index is 15.3. The highest BCUT2D eigenvalue weighted by Gasteiger charge is 2.53. The van der Waals surface area contributed by atoms with Crippen LogP contribution >= 0.6 is 11.9 Å². The first-order chi connectivity index (χ1) is 16.2. The molecule has 0 aromatic heterocycles. The summed E-state index contributed by atoms with van der Waals surface area (Å²) in [5.41, 5.74) is 1.78. The minimum atomic E-state index is -2.89. The quantitative estimate of drug-likeness (QED) is 0.267. The molecule has 1 aliphatic carbocycles. The number of benzene rings is 2. The molecule has 186 valence electrons. The summed E-state index contributed by atoms with van der Waals surface area (Å²) >= 11 is 1.25. The second kappa shape index (κ2) is 11.7. The summed E-state index contributed by atoms with van der Waals surface area (Å²) in [6, 6.07) is 10.1. The Balaban J connectivity index is 0.000000574. The summed E-state index contributed by atoms with van der Waals surface area (Å²) in [4.78, 5) is 11.2. The number of likely N-dealkylation sites (tertiary alicyclic amines) is 1. The predicted octanol–water partition coefficient (Wildman–Crippen LogP) is 6.24. The molecule has 1 saturated carbocycles. The Morgan fingerprint density at radius 3 is 2.53 bits per heavy atom. The van der Waals surface area contributed by atoms with Gasteiger partial charge in [0, 0.05) is 23.3 Å². The van der Waals surface area contributed by atoms with Gasteiger partial charge < -0.3 is 4.79 Å². The summed E-state index contributed by atoms with van der Waals surface area (Å²) < 4.78 is 60.8. The number of hydrogen-bond donors (Lipinski definition) is 1. The molecule has 8 heteroatoms. The fourth-order valence-corrected chi connectivity index (χ4v) is 4.74. The van der Waals surface area contributed by atoms with E-state index in [1.54, 1.807) is 54.4 Å². The van der Waals surface area contributed by atoms with Gasteiger partial charge in [0.2, 0.25) is 0 Å². The average Bonchev–Trinajstić information content (AvgIpc) is 3.61. The van der Waals surface area contributed by atoms with Crippen molar-refractivity contribution in [2.24, 2.45) is 5.92 Å². The molecule has 2 aliphatic rings. The van der Waals surface area contributed by atoms with Crippen LogP contribution in [0.15, 0.2) is 42.5 Å². The van der Waals surface area contributed by atoms with Crippen molar-refractivity contribution in [3.63, 3.8) is 0 Å². The molecule has 1 N–H and O–H groups in total. The van der Waals surface area contributed by atoms with Crippen molar-refractivity contribution in [3.8, 4) is 11.1 Å². The highest BCUT2D eigenvalue weighted by atomic mass is 32.2. The Morgan fingerprint density at radius 2 is 1.94 bits per heavy atom. The van der Waals surface area contributed by atoms with Crippen LogP contribution in [0, 0.1) is 11.7 Å². The molecule has 1 heterocycles. The Hall–Kier alpha value is -1.90. The average molecular weight is 497 g/mol. The number of aldehydes is 1. The van der Waals surface area contributed by atoms with E-state index in [0.29, 0.717) is 33.9 Å². The lowest BCUT2D eigenvalue weighted by Crippen LogP contribution is -2.46. The zero-order valence-corrected chi connectivity index (χ0v) is 20.6. The smallest absolute Gasteiger partial charge is 0.277 e. The van der Waals surface area contributed by atoms with Gasteiger partial charge in [-0.1, -0.05) is 55.3 Å². The summed E-state index contributed by atoms with van der Waals surface area (Å²) in [5, 5.41) is 0. The van der Waals surface area contributed by atoms with Crippen molar-refractivity contribution >= 4 is 18.2 Å². The van der Waals surface area contributed by atoms with Crippen LogP contribution < -0.4 is 4.72 Å². The molecule has 2 fully saturated rings. The topological polar surface area (TPSA) is 32.3 Å². The molecule has 3 unspecified atom stereocenters. The fraction of sp³-hybridized carbons (Fsp3) is 0.500. The number of alkyl halides is 3. The second-order valence-electron chi connectivity index (χ2n) is 8.97. The maximum Gasteiger partial charge on any atom is 0.277 e. The van der Waals surface area contributed by atoms with Crippen LogP contribution in [0.25, 0.3) is 11.1 Å². The minimum Gasteiger partial charge on any atom is -0.303 e. The molecular weight excluding hydrogens is 464 g/mol. The third kappa shape index (κ3) is 6.61. The number of halogens is 4. The summed E-state index contributed by atoms with van der Waals surface area (Å²) in [5.74, 6) is -2.21. The third-order valence-electron chi connectivity index (χ3n) is 6.20. The van der Waals surface area contributed by atoms with Crippen LogP contribution in [0.3, 0.4) is 0 Å². The van der Waals surface area contributed by atoms with E-state index in [1.165, 1.54) is 18.9 Å². The molecule has 3 nitrogen and oxygen atoms in total. The number of carbonyl (C=O) groups is 1. The Morgan fingerprint density at radius 1 is 1.24 bits per heavy atom. The number of nitrogens with zero attached hydrogens (tertiary/aromatic N) is 1. The summed E-state index contributed by atoms with van der Waals surface area (Å²) in [7, 11) is 1.64. The second-order valence-corrected chi connectivity index (χ2v) is 10.1. The van der Waals surface area contributed by atoms with E-state index >= 15 is 4.39 Å². The fourth-order valence-electron chi connectivity index (χ4n) is 4.07. The zero-order chi connectivity index (χ0) is 24.9. The van der Waals surface area contributed by atoms with Crippen LogP contribution in [-0.2, 0) is 11.2 Å². The van der Waals surface area contributed by atoms with E-state index in [4.69, 9.17) is 0 Å². The molecule has 2 aromatic carbocycles. The molecule has 34 heavy (non-hydrogen) atoms. The van der Waals surface area contributed by atoms with Crippen molar-refractivity contribution in [1.29, 1.82) is 0 Å². The van der Waals surface area contributed by atoms with Gasteiger partial charge in [-0.25, -0.2) is 17.6 Å². The molecular formula is C26H32F4N2OS. The van der Waals surface area contributed by atoms with Crippen molar-refractivity contribution in [2.75, 3.05) is 19.3 Å². The Kier molecular flexibility index (Phi) is 9.18. The Bertz CT molecular complexity index is 968. The number of rotatable bonds is 8. The molecule has 1 saturated heterocycles. The molecule has 4 rings (SSSR count). The van der Waals surface area contributed by atoms with Gasteiger partial charge in [-0.05, 0) is 56.0 Å². The highest BCUT2D eigenvalue weighted by Crippen LogP contribution is 2.36. The first-order valence-electron chi connectivity index (χ1n) is 11.6. The largest absolute Gasteiger partial charge is 0.303 e. The first kappa shape index (κ1) is 26.7. The number of nitrogens with one attached hydrogen (secondary N) is 1. The monoisotopic (exact) mass is 496 g/mol. The lowest BCUT2D eigenvalue weighted by atomic mass is 9.94. The van der Waals surface area contributed by atoms with Gasteiger partial charge in [-0.2, -0.15) is 0 Å². The normalized spacial score (nSPS) is 22.7. The lowest BCUT2D eigenvalue weighted by Gasteiger charge is -2.26. The molecule has 2 aromatic rings. The molecule has 0 bridgehead atoms. The molecule has 1 aliphatic heterocycles. The molecule has 0 radical (unpaired) electrons. The van der Waals surface area contributed by atoms with Crippen LogP contribution in [0.1, 0.15) is 44.0 Å². The van der Waals surface area contributed by atoms with Gasteiger partial charge in [0.25, 0.3) is 5.92 Å². The SMILES string of the molecule is CCSNC1C(Cc2cccc(-c3cccc(C(C)F)c3)c2F)N(C)CC1(F)F.O=CC1CC1. The molecule has 0 amide bonds. The van der Waals surface area contributed by atoms with Crippen LogP contribution in [0.5, 0.6) is 0 Å². The van der Waals surface area contributed by atoms with Gasteiger partial charge in [0.1, 0.15) is 18.3 Å². The van der Waals surface area contributed by atoms with E-state index in [2.05, 4.69) is 4.72 Å². The van der Waals surface area contributed by atoms with Gasteiger partial charge in [-0.15, -0.1) is 0 Å². The van der Waals surface area contributed by atoms with Crippen molar-refractivity contribution < 1.29 is 22.4 Å². The van der Waals surface area contributed by atoms with Gasteiger partial charge in [0.05, 0.1) is 12.6 Å². The summed E-state index contributed by atoms with van der Waals surface area (Å²) in [6.07, 6.45) is 2.32. The van der Waals surface area contributed by atoms with Crippen LogP contribution in [0.2, 0.25) is 0 Å². The molecule has 3 atom stereocenters. The summed E-state index contributed by atoms with van der Waals surface area (Å²) in [6.45, 7) is 2.96. The molecule has 0 spiro atoms. The van der Waals surface area contributed by atoms with E-state index < -0.39 is 30.0 Å². The highest BCUT2D eigenvalue weighted by molar-refractivity contribution is 7.97.